The van der Waals surface area contributed by atoms with Crippen molar-refractivity contribution >= 4 is 39.7 Å². The number of carbonyl (C=O) groups excluding carboxylic acids is 2. The Morgan fingerprint density at radius 2 is 1.70 bits per heavy atom. The van der Waals surface area contributed by atoms with Crippen molar-refractivity contribution in [2.45, 2.75) is 6.92 Å². The van der Waals surface area contributed by atoms with Gasteiger partial charge in [0.25, 0.3) is 5.91 Å². The van der Waals surface area contributed by atoms with Gasteiger partial charge < -0.3 is 10.1 Å². The van der Waals surface area contributed by atoms with Gasteiger partial charge in [-0.1, -0.05) is 34.1 Å². The topological polar surface area (TPSA) is 79.8 Å². The van der Waals surface area contributed by atoms with Gasteiger partial charge in [0.1, 0.15) is 5.75 Å². The van der Waals surface area contributed by atoms with E-state index in [1.54, 1.807) is 48.5 Å². The number of para-hydroxylation sites is 1. The third-order valence-electron chi connectivity index (χ3n) is 4.16. The molecule has 0 atom stereocenters. The van der Waals surface area contributed by atoms with Crippen LogP contribution in [-0.2, 0) is 4.79 Å². The number of ether oxygens (including phenoxy) is 1. The summed E-state index contributed by atoms with van der Waals surface area (Å²) in [7, 11) is 0. The summed E-state index contributed by atoms with van der Waals surface area (Å²) >= 11 is 3.33. The summed E-state index contributed by atoms with van der Waals surface area (Å²) in [6.45, 7) is 2.09. The lowest BCUT2D eigenvalue weighted by atomic mass is 10.2. The highest BCUT2D eigenvalue weighted by molar-refractivity contribution is 9.10. The Morgan fingerprint density at radius 3 is 2.40 bits per heavy atom. The number of hydrogen-bond donors (Lipinski definition) is 2. The second-order valence-corrected chi connectivity index (χ2v) is 7.34. The minimum atomic E-state index is -0.433. The van der Waals surface area contributed by atoms with E-state index in [-0.39, 0.29) is 12.5 Å². The molecule has 0 aliphatic rings. The first-order valence-corrected chi connectivity index (χ1v) is 10.00. The van der Waals surface area contributed by atoms with E-state index in [1.807, 2.05) is 31.2 Å². The van der Waals surface area contributed by atoms with Gasteiger partial charge in [-0.15, -0.1) is 0 Å². The Morgan fingerprint density at radius 1 is 1.00 bits per heavy atom. The molecule has 0 aliphatic heterocycles. The van der Waals surface area contributed by atoms with E-state index in [0.29, 0.717) is 11.3 Å². The molecule has 0 aliphatic carbocycles. The molecule has 3 aromatic rings. The molecule has 0 radical (unpaired) electrons. The third-order valence-corrected chi connectivity index (χ3v) is 4.69. The van der Waals surface area contributed by atoms with Gasteiger partial charge in [0.2, 0.25) is 0 Å². The van der Waals surface area contributed by atoms with Crippen molar-refractivity contribution in [3.63, 3.8) is 0 Å². The van der Waals surface area contributed by atoms with Gasteiger partial charge in [-0.3, -0.25) is 4.79 Å². The average Bonchev–Trinajstić information content (AvgIpc) is 2.75. The minimum Gasteiger partial charge on any atom is -0.423 e. The highest BCUT2D eigenvalue weighted by atomic mass is 79.9. The summed E-state index contributed by atoms with van der Waals surface area (Å²) in [4.78, 5) is 24.0. The molecule has 6 nitrogen and oxygen atoms in total. The van der Waals surface area contributed by atoms with Crippen LogP contribution in [0.5, 0.6) is 5.75 Å². The van der Waals surface area contributed by atoms with Crippen molar-refractivity contribution in [2.24, 2.45) is 5.10 Å². The van der Waals surface area contributed by atoms with Crippen LogP contribution in [0.3, 0.4) is 0 Å². The molecule has 3 rings (SSSR count). The van der Waals surface area contributed by atoms with Gasteiger partial charge in [0.15, 0.2) is 0 Å². The highest BCUT2D eigenvalue weighted by Crippen LogP contribution is 2.16. The quantitative estimate of drug-likeness (QED) is 0.232. The van der Waals surface area contributed by atoms with Crippen LogP contribution in [0.25, 0.3) is 0 Å². The third kappa shape index (κ3) is 6.28. The molecule has 0 spiro atoms. The smallest absolute Gasteiger partial charge is 0.343 e. The van der Waals surface area contributed by atoms with Crippen LogP contribution in [0.4, 0.5) is 5.69 Å². The van der Waals surface area contributed by atoms with Gasteiger partial charge in [0, 0.05) is 10.2 Å². The fourth-order valence-corrected chi connectivity index (χ4v) is 2.80. The Bertz CT molecular complexity index is 1050. The summed E-state index contributed by atoms with van der Waals surface area (Å²) in [6, 6.07) is 21.5. The van der Waals surface area contributed by atoms with E-state index < -0.39 is 5.97 Å². The maximum absolute atomic E-state index is 12.1. The Labute approximate surface area is 183 Å². The number of hydrazone groups is 1. The Hall–Kier alpha value is -3.45. The van der Waals surface area contributed by atoms with Crippen molar-refractivity contribution in [2.75, 3.05) is 11.9 Å². The lowest BCUT2D eigenvalue weighted by Gasteiger charge is -2.07. The molecule has 0 unspecified atom stereocenters. The molecule has 7 heteroatoms. The van der Waals surface area contributed by atoms with Crippen molar-refractivity contribution in [3.8, 4) is 5.75 Å². The maximum Gasteiger partial charge on any atom is 0.343 e. The van der Waals surface area contributed by atoms with Crippen LogP contribution in [0.1, 0.15) is 21.5 Å². The van der Waals surface area contributed by atoms with Gasteiger partial charge in [-0.2, -0.15) is 5.10 Å². The van der Waals surface area contributed by atoms with Crippen molar-refractivity contribution in [1.29, 1.82) is 0 Å². The molecule has 0 bridgehead atoms. The summed E-state index contributed by atoms with van der Waals surface area (Å²) in [5.41, 5.74) is 5.66. The zero-order chi connectivity index (χ0) is 21.3. The lowest BCUT2D eigenvalue weighted by molar-refractivity contribution is -0.119. The van der Waals surface area contributed by atoms with E-state index in [9.17, 15) is 9.59 Å². The molecule has 1 amide bonds. The number of esters is 1. The standard InChI is InChI=1S/C23H20BrN3O3/c1-16-4-2-3-5-21(16)25-15-22(28)27-26-14-17-6-12-20(13-7-17)30-23(29)18-8-10-19(24)11-9-18/h2-14,25H,15H2,1H3,(H,27,28). The van der Waals surface area contributed by atoms with Crippen molar-refractivity contribution in [3.05, 3.63) is 94.0 Å². The van der Waals surface area contributed by atoms with Crippen LogP contribution in [0.15, 0.2) is 82.4 Å². The molecule has 30 heavy (non-hydrogen) atoms. The van der Waals surface area contributed by atoms with Gasteiger partial charge >= 0.3 is 5.97 Å². The number of nitrogens with zero attached hydrogens (tertiary/aromatic N) is 1. The van der Waals surface area contributed by atoms with Crippen molar-refractivity contribution < 1.29 is 14.3 Å². The number of aryl methyl sites for hydroxylation is 1. The zero-order valence-electron chi connectivity index (χ0n) is 16.3. The average molecular weight is 466 g/mol. The monoisotopic (exact) mass is 465 g/mol. The number of carbonyl (C=O) groups is 2. The fourth-order valence-electron chi connectivity index (χ4n) is 2.54. The van der Waals surface area contributed by atoms with E-state index in [4.69, 9.17) is 4.74 Å². The van der Waals surface area contributed by atoms with E-state index in [1.165, 1.54) is 6.21 Å². The van der Waals surface area contributed by atoms with Crippen LogP contribution < -0.4 is 15.5 Å². The SMILES string of the molecule is Cc1ccccc1NCC(=O)NN=Cc1ccc(OC(=O)c2ccc(Br)cc2)cc1. The predicted octanol–water partition coefficient (Wildman–Crippen LogP) is 4.54. The van der Waals surface area contributed by atoms with Crippen LogP contribution >= 0.6 is 15.9 Å². The molecule has 0 saturated heterocycles. The summed E-state index contributed by atoms with van der Waals surface area (Å²) in [5, 5.41) is 7.01. The molecule has 0 saturated carbocycles. The summed E-state index contributed by atoms with van der Waals surface area (Å²) < 4.78 is 6.23. The molecule has 152 valence electrons. The molecule has 3 aromatic carbocycles. The van der Waals surface area contributed by atoms with Gasteiger partial charge in [0.05, 0.1) is 18.3 Å². The molecule has 0 fully saturated rings. The predicted molar refractivity (Wildman–Crippen MR) is 121 cm³/mol. The second-order valence-electron chi connectivity index (χ2n) is 6.43. The van der Waals surface area contributed by atoms with E-state index in [2.05, 4.69) is 31.8 Å². The lowest BCUT2D eigenvalue weighted by Crippen LogP contribution is -2.26. The highest BCUT2D eigenvalue weighted by Gasteiger charge is 2.08. The molecule has 0 aromatic heterocycles. The normalized spacial score (nSPS) is 10.6. The minimum absolute atomic E-state index is 0.118. The number of benzene rings is 3. The summed E-state index contributed by atoms with van der Waals surface area (Å²) in [5.74, 6) is -0.265. The molecular formula is C23H20BrN3O3. The first-order valence-electron chi connectivity index (χ1n) is 9.20. The Balaban J connectivity index is 1.47. The maximum atomic E-state index is 12.1. The zero-order valence-corrected chi connectivity index (χ0v) is 17.8. The van der Waals surface area contributed by atoms with E-state index in [0.717, 1.165) is 21.3 Å². The van der Waals surface area contributed by atoms with Crippen molar-refractivity contribution in [1.82, 2.24) is 5.43 Å². The second kappa shape index (κ2) is 10.4. The fraction of sp³-hybridized carbons (Fsp3) is 0.0870. The Kier molecular flexibility index (Phi) is 7.34. The van der Waals surface area contributed by atoms with Crippen LogP contribution in [0.2, 0.25) is 0 Å². The van der Waals surface area contributed by atoms with E-state index >= 15 is 0 Å². The molecule has 2 N–H and O–H groups in total. The van der Waals surface area contributed by atoms with Gasteiger partial charge in [-0.25, -0.2) is 10.2 Å². The number of amides is 1. The number of hydrogen-bond acceptors (Lipinski definition) is 5. The number of halogens is 1. The number of nitrogens with one attached hydrogen (secondary N) is 2. The first-order chi connectivity index (χ1) is 14.5. The molecular weight excluding hydrogens is 446 g/mol. The summed E-state index contributed by atoms with van der Waals surface area (Å²) in [6.07, 6.45) is 1.52. The number of rotatable bonds is 7. The van der Waals surface area contributed by atoms with Gasteiger partial charge in [-0.05, 0) is 72.6 Å². The molecule has 0 heterocycles. The number of anilines is 1. The van der Waals surface area contributed by atoms with Crippen LogP contribution in [-0.4, -0.2) is 24.6 Å². The van der Waals surface area contributed by atoms with Crippen LogP contribution in [0, 0.1) is 6.92 Å². The first kappa shape index (κ1) is 21.3. The largest absolute Gasteiger partial charge is 0.423 e.